The summed E-state index contributed by atoms with van der Waals surface area (Å²) < 4.78 is 15.9. The number of nitrogens with zero attached hydrogens (tertiary/aromatic N) is 6. The molecular formula is C45H50N7O5S+. The zero-order chi connectivity index (χ0) is 40.5. The van der Waals surface area contributed by atoms with Crippen LogP contribution in [0.25, 0.3) is 33.4 Å². The first-order valence-electron chi connectivity index (χ1n) is 20.4. The second-order valence-corrected chi connectivity index (χ2v) is 18.0. The first-order valence-corrected chi connectivity index (χ1v) is 21.3. The molecule has 1 N–H and O–H groups in total. The number of thiazole rings is 1. The number of ether oxygens (including phenoxy) is 2. The normalized spacial score (nSPS) is 25.9. The molecule has 0 unspecified atom stereocenters. The van der Waals surface area contributed by atoms with Gasteiger partial charge in [0.2, 0.25) is 6.21 Å². The molecule has 300 valence electrons. The number of pyridine rings is 2. The largest absolute Gasteiger partial charge is 0.464 e. The van der Waals surface area contributed by atoms with E-state index >= 15 is 0 Å². The predicted molar refractivity (Wildman–Crippen MR) is 221 cm³/mol. The highest BCUT2D eigenvalue weighted by Gasteiger charge is 2.72. The van der Waals surface area contributed by atoms with E-state index in [1.807, 2.05) is 36.6 Å². The molecular weight excluding hydrogens is 751 g/mol. The van der Waals surface area contributed by atoms with Crippen LogP contribution in [-0.4, -0.2) is 84.9 Å². The number of aromatic nitrogens is 4. The smallest absolute Gasteiger partial charge is 0.392 e. The average molecular weight is 801 g/mol. The third-order valence-electron chi connectivity index (χ3n) is 12.6. The fourth-order valence-corrected chi connectivity index (χ4v) is 10.2. The molecule has 1 saturated heterocycles. The second kappa shape index (κ2) is 14.6. The quantitative estimate of drug-likeness (QED) is 0.151. The van der Waals surface area contributed by atoms with E-state index in [0.717, 1.165) is 61.9 Å². The molecule has 58 heavy (non-hydrogen) atoms. The lowest BCUT2D eigenvalue weighted by atomic mass is 9.84. The SMILES string of the molecule is CCn1c(-c2cccnc2[C@H](C)OC)c2c3cc(ccc31)-c1csc(n1)C[C@@]1(C=[N+]1C(=O)[C@H]1[C@@H](C)[C@@H]1c1ccccn1)C(=O)N1CCC[C@H](N1)C(=O)OCC(C)(C)C2. The Balaban J connectivity index is 1.14. The molecule has 6 atom stereocenters. The minimum atomic E-state index is -1.24. The first kappa shape index (κ1) is 38.4. The summed E-state index contributed by atoms with van der Waals surface area (Å²) in [5.74, 6) is -0.937. The van der Waals surface area contributed by atoms with Crippen LogP contribution in [0.4, 0.5) is 0 Å². The van der Waals surface area contributed by atoms with Crippen molar-refractivity contribution in [2.75, 3.05) is 20.3 Å². The summed E-state index contributed by atoms with van der Waals surface area (Å²) >= 11 is 1.49. The summed E-state index contributed by atoms with van der Waals surface area (Å²) in [6, 6.07) is 15.6. The molecule has 1 aromatic carbocycles. The Morgan fingerprint density at radius 1 is 1.12 bits per heavy atom. The second-order valence-electron chi connectivity index (χ2n) is 17.1. The molecule has 1 saturated carbocycles. The van der Waals surface area contributed by atoms with Gasteiger partial charge in [-0.1, -0.05) is 32.9 Å². The highest BCUT2D eigenvalue weighted by molar-refractivity contribution is 7.10. The van der Waals surface area contributed by atoms with Crippen molar-refractivity contribution in [2.45, 2.75) is 90.4 Å². The van der Waals surface area contributed by atoms with Crippen LogP contribution in [-0.2, 0) is 43.2 Å². The number of hydrogen-bond donors (Lipinski definition) is 1. The van der Waals surface area contributed by atoms with Gasteiger partial charge in [-0.2, -0.15) is 0 Å². The highest BCUT2D eigenvalue weighted by atomic mass is 32.1. The van der Waals surface area contributed by atoms with Gasteiger partial charge in [0.25, 0.3) is 0 Å². The molecule has 1 spiro atoms. The highest BCUT2D eigenvalue weighted by Crippen LogP contribution is 2.55. The van der Waals surface area contributed by atoms with Crippen molar-refractivity contribution in [3.63, 3.8) is 0 Å². The van der Waals surface area contributed by atoms with E-state index in [2.05, 4.69) is 66.9 Å². The lowest BCUT2D eigenvalue weighted by Crippen LogP contribution is -2.60. The topological polar surface area (TPSA) is 132 Å². The Kier molecular flexibility index (Phi) is 9.68. The Hall–Kier alpha value is -5.11. The van der Waals surface area contributed by atoms with E-state index in [1.165, 1.54) is 16.3 Å². The van der Waals surface area contributed by atoms with Crippen molar-refractivity contribution in [3.8, 4) is 22.5 Å². The van der Waals surface area contributed by atoms with Gasteiger partial charge in [-0.3, -0.25) is 24.6 Å². The van der Waals surface area contributed by atoms with Crippen molar-refractivity contribution in [3.05, 3.63) is 88.3 Å². The number of rotatable bonds is 6. The number of fused-ring (bicyclic) bond motifs is 6. The van der Waals surface area contributed by atoms with Crippen molar-refractivity contribution in [1.29, 1.82) is 0 Å². The maximum Gasteiger partial charge on any atom is 0.392 e. The Morgan fingerprint density at radius 2 is 1.95 bits per heavy atom. The van der Waals surface area contributed by atoms with Crippen molar-refractivity contribution < 1.29 is 28.4 Å². The first-order chi connectivity index (χ1) is 27.9. The van der Waals surface area contributed by atoms with Gasteiger partial charge >= 0.3 is 23.3 Å². The third-order valence-corrected chi connectivity index (χ3v) is 13.4. The van der Waals surface area contributed by atoms with Crippen LogP contribution in [0.3, 0.4) is 0 Å². The molecule has 3 aliphatic heterocycles. The zero-order valence-electron chi connectivity index (χ0n) is 33.9. The zero-order valence-corrected chi connectivity index (χ0v) is 34.7. The van der Waals surface area contributed by atoms with E-state index < -0.39 is 23.0 Å². The minimum absolute atomic E-state index is 0.00643. The van der Waals surface area contributed by atoms with Crippen molar-refractivity contribution in [2.24, 2.45) is 17.3 Å². The number of aryl methyl sites for hydroxylation is 1. The molecule has 5 aromatic rings. The molecule has 7 heterocycles. The van der Waals surface area contributed by atoms with E-state index in [4.69, 9.17) is 19.4 Å². The van der Waals surface area contributed by atoms with Crippen LogP contribution in [0.15, 0.2) is 66.3 Å². The van der Waals surface area contributed by atoms with Gasteiger partial charge in [-0.15, -0.1) is 15.9 Å². The molecule has 4 aromatic heterocycles. The summed E-state index contributed by atoms with van der Waals surface area (Å²) in [4.78, 5) is 57.3. The minimum Gasteiger partial charge on any atom is -0.464 e. The van der Waals surface area contributed by atoms with Gasteiger partial charge in [0.05, 0.1) is 42.1 Å². The van der Waals surface area contributed by atoms with Gasteiger partial charge in [-0.05, 0) is 81.0 Å². The maximum atomic E-state index is 14.7. The van der Waals surface area contributed by atoms with E-state index in [-0.39, 0.29) is 48.7 Å². The number of esters is 1. The Bertz CT molecular complexity index is 2470. The molecule has 6 bridgehead atoms. The summed E-state index contributed by atoms with van der Waals surface area (Å²) in [5, 5.41) is 5.41. The van der Waals surface area contributed by atoms with Crippen LogP contribution < -0.4 is 5.43 Å². The lowest BCUT2D eigenvalue weighted by Gasteiger charge is -2.34. The van der Waals surface area contributed by atoms with E-state index in [0.29, 0.717) is 25.8 Å². The Morgan fingerprint density at radius 3 is 2.72 bits per heavy atom. The lowest BCUT2D eigenvalue weighted by molar-refractivity contribution is -0.421. The van der Waals surface area contributed by atoms with Gasteiger partial charge < -0.3 is 14.0 Å². The van der Waals surface area contributed by atoms with Crippen LogP contribution >= 0.6 is 11.3 Å². The number of benzene rings is 1. The summed E-state index contributed by atoms with van der Waals surface area (Å²) in [6.07, 6.45) is 7.08. The van der Waals surface area contributed by atoms with Crippen molar-refractivity contribution in [1.82, 2.24) is 30.0 Å². The number of carbonyl (C=O) groups excluding carboxylic acids is 3. The predicted octanol–water partition coefficient (Wildman–Crippen LogP) is 6.52. The number of carbonyl (C=O) groups is 3. The van der Waals surface area contributed by atoms with Gasteiger partial charge in [0.1, 0.15) is 11.0 Å². The number of hydrogen-bond acceptors (Lipinski definition) is 10. The number of hydrazine groups is 1. The van der Waals surface area contributed by atoms with Crippen molar-refractivity contribution >= 4 is 46.2 Å². The molecule has 13 heteroatoms. The average Bonchev–Trinajstić information content (AvgIpc) is 4.03. The number of cyclic esters (lactones) is 1. The van der Waals surface area contributed by atoms with Gasteiger partial charge in [0.15, 0.2) is 0 Å². The molecule has 0 radical (unpaired) electrons. The molecule has 2 amide bonds. The summed E-state index contributed by atoms with van der Waals surface area (Å²) in [7, 11) is 1.70. The molecule has 2 fully saturated rings. The number of nitrogens with one attached hydrogen (secondary N) is 1. The summed E-state index contributed by atoms with van der Waals surface area (Å²) in [5.41, 5.74) is 9.33. The standard InChI is InChI=1S/C45H50N7O5S/c1-7-50-35-16-15-28-20-30(35)31(40(50)29-12-10-18-47-39(29)27(3)56-6)21-44(4,5)25-57-42(54)33-14-11-19-52(49-33)43(55)45(22-36-48-34(28)23-58-36)24-51(45)41(53)38-26(2)37(38)32-13-8-9-17-46-32/h8-10,12-13,15-18,20,23-24,26-27,33,37-38,49H,7,11,14,19,21-22,25H2,1-6H3/q+1/t26-,27-,33-,37+,38-,45+/m0/s1. The molecule has 12 nitrogen and oxygen atoms in total. The fraction of sp³-hybridized carbons (Fsp3) is 0.444. The third kappa shape index (κ3) is 6.57. The fourth-order valence-electron chi connectivity index (χ4n) is 9.28. The van der Waals surface area contributed by atoms with Gasteiger partial charge in [0, 0.05) is 77.0 Å². The van der Waals surface area contributed by atoms with Crippen LogP contribution in [0.1, 0.15) is 81.4 Å². The van der Waals surface area contributed by atoms with Crippen LogP contribution in [0.2, 0.25) is 0 Å². The van der Waals surface area contributed by atoms with E-state index in [1.54, 1.807) is 30.3 Å². The van der Waals surface area contributed by atoms with Crippen LogP contribution in [0, 0.1) is 17.3 Å². The molecule has 4 aliphatic rings. The van der Waals surface area contributed by atoms with Gasteiger partial charge in [-0.25, -0.2) is 15.2 Å². The Labute approximate surface area is 342 Å². The monoisotopic (exact) mass is 800 g/mol. The van der Waals surface area contributed by atoms with E-state index in [9.17, 15) is 14.4 Å². The van der Waals surface area contributed by atoms with Crippen LogP contribution in [0.5, 0.6) is 0 Å². The maximum absolute atomic E-state index is 14.7. The molecule has 1 aliphatic carbocycles. The molecule has 9 rings (SSSR count). The number of methoxy groups -OCH3 is 1. The number of amides is 2. The summed E-state index contributed by atoms with van der Waals surface area (Å²) in [6.45, 7) is 11.8.